The highest BCUT2D eigenvalue weighted by Crippen LogP contribution is 2.24. The van der Waals surface area contributed by atoms with E-state index in [0.717, 1.165) is 0 Å². The van der Waals surface area contributed by atoms with Gasteiger partial charge in [0.25, 0.3) is 0 Å². The predicted octanol–water partition coefficient (Wildman–Crippen LogP) is 3.46. The second kappa shape index (κ2) is 6.35. The van der Waals surface area contributed by atoms with E-state index in [9.17, 15) is 4.39 Å². The van der Waals surface area contributed by atoms with Gasteiger partial charge < -0.3 is 15.5 Å². The van der Waals surface area contributed by atoms with E-state index in [1.54, 1.807) is 6.07 Å². The van der Waals surface area contributed by atoms with Gasteiger partial charge in [-0.05, 0) is 41.6 Å². The summed E-state index contributed by atoms with van der Waals surface area (Å²) in [4.78, 5) is 0. The van der Waals surface area contributed by atoms with Gasteiger partial charge in [-0.2, -0.15) is 5.26 Å². The molecule has 0 unspecified atom stereocenters. The number of hydrogen-bond donors (Lipinski definition) is 2. The highest BCUT2D eigenvalue weighted by Gasteiger charge is 2.09. The van der Waals surface area contributed by atoms with Gasteiger partial charge in [-0.1, -0.05) is 0 Å². The molecule has 4 nitrogen and oxygen atoms in total. The van der Waals surface area contributed by atoms with Crippen LogP contribution in [0.1, 0.15) is 6.92 Å². The second-order valence-corrected chi connectivity index (χ2v) is 4.48. The van der Waals surface area contributed by atoms with E-state index in [-0.39, 0.29) is 17.0 Å². The largest absolute Gasteiger partial charge is 0.497 e. The SMILES string of the molecule is COc1ccc(N/C(I)=C(/C#N)C(C)=N)c(F)c1. The molecule has 0 saturated carbocycles. The number of benzene rings is 1. The molecule has 0 radical (unpaired) electrons. The van der Waals surface area contributed by atoms with E-state index >= 15 is 0 Å². The number of hydrogen-bond acceptors (Lipinski definition) is 4. The van der Waals surface area contributed by atoms with Crippen LogP contribution in [0.3, 0.4) is 0 Å². The highest BCUT2D eigenvalue weighted by molar-refractivity contribution is 14.1. The fourth-order valence-electron chi connectivity index (χ4n) is 1.20. The molecule has 0 bridgehead atoms. The van der Waals surface area contributed by atoms with Gasteiger partial charge in [0, 0.05) is 11.8 Å². The number of nitrogens with zero attached hydrogens (tertiary/aromatic N) is 1. The molecule has 0 aliphatic carbocycles. The minimum Gasteiger partial charge on any atom is -0.497 e. The Morgan fingerprint density at radius 2 is 2.22 bits per heavy atom. The Labute approximate surface area is 118 Å². The van der Waals surface area contributed by atoms with Crippen LogP contribution in [0.15, 0.2) is 27.5 Å². The molecule has 0 fully saturated rings. The Hall–Kier alpha value is -1.62. The molecule has 0 aliphatic heterocycles. The Morgan fingerprint density at radius 3 is 2.67 bits per heavy atom. The molecular weight excluding hydrogens is 348 g/mol. The van der Waals surface area contributed by atoms with E-state index in [2.05, 4.69) is 5.32 Å². The van der Waals surface area contributed by atoms with Gasteiger partial charge in [0.1, 0.15) is 23.2 Å². The van der Waals surface area contributed by atoms with E-state index in [4.69, 9.17) is 15.4 Å². The summed E-state index contributed by atoms with van der Waals surface area (Å²) in [5.41, 5.74) is 0.545. The van der Waals surface area contributed by atoms with Crippen molar-refractivity contribution in [3.63, 3.8) is 0 Å². The van der Waals surface area contributed by atoms with Crippen molar-refractivity contribution in [1.82, 2.24) is 0 Å². The molecule has 0 aromatic heterocycles. The summed E-state index contributed by atoms with van der Waals surface area (Å²) in [7, 11) is 1.46. The van der Waals surface area contributed by atoms with Crippen molar-refractivity contribution in [1.29, 1.82) is 10.7 Å². The minimum absolute atomic E-state index is 0.128. The first kappa shape index (κ1) is 14.4. The first-order valence-electron chi connectivity index (χ1n) is 4.95. The first-order chi connectivity index (χ1) is 8.49. The maximum absolute atomic E-state index is 13.7. The number of methoxy groups -OCH3 is 1. The summed E-state index contributed by atoms with van der Waals surface area (Å²) in [6.07, 6.45) is 0. The topological polar surface area (TPSA) is 68.9 Å². The maximum Gasteiger partial charge on any atom is 0.150 e. The molecule has 1 rings (SSSR count). The van der Waals surface area contributed by atoms with Crippen molar-refractivity contribution in [2.24, 2.45) is 0 Å². The fourth-order valence-corrected chi connectivity index (χ4v) is 2.02. The van der Waals surface area contributed by atoms with Gasteiger partial charge in [0.05, 0.1) is 16.5 Å². The van der Waals surface area contributed by atoms with Crippen molar-refractivity contribution >= 4 is 34.0 Å². The number of nitrogens with one attached hydrogen (secondary N) is 2. The zero-order valence-corrected chi connectivity index (χ0v) is 12.0. The molecular formula is C12H11FIN3O. The third kappa shape index (κ3) is 3.43. The van der Waals surface area contributed by atoms with Crippen LogP contribution in [-0.2, 0) is 0 Å². The number of nitriles is 1. The van der Waals surface area contributed by atoms with Crippen molar-refractivity contribution < 1.29 is 9.13 Å². The molecule has 94 valence electrons. The van der Waals surface area contributed by atoms with Crippen LogP contribution in [-0.4, -0.2) is 12.8 Å². The Kier molecular flexibility index (Phi) is 5.09. The van der Waals surface area contributed by atoms with Gasteiger partial charge in [-0.15, -0.1) is 0 Å². The van der Waals surface area contributed by atoms with Gasteiger partial charge >= 0.3 is 0 Å². The quantitative estimate of drug-likeness (QED) is 0.375. The van der Waals surface area contributed by atoms with Crippen molar-refractivity contribution in [3.8, 4) is 11.8 Å². The normalized spacial score (nSPS) is 11.3. The summed E-state index contributed by atoms with van der Waals surface area (Å²) in [6, 6.07) is 6.27. The summed E-state index contributed by atoms with van der Waals surface area (Å²) in [6.45, 7) is 1.50. The van der Waals surface area contributed by atoms with Gasteiger partial charge in [-0.25, -0.2) is 4.39 Å². The minimum atomic E-state index is -0.483. The highest BCUT2D eigenvalue weighted by atomic mass is 127. The number of ether oxygens (including phenoxy) is 1. The van der Waals surface area contributed by atoms with Crippen LogP contribution < -0.4 is 10.1 Å². The molecule has 0 saturated heterocycles. The monoisotopic (exact) mass is 359 g/mol. The molecule has 0 aliphatic rings. The Balaban J connectivity index is 3.06. The molecule has 0 atom stereocenters. The van der Waals surface area contributed by atoms with Crippen molar-refractivity contribution in [2.75, 3.05) is 12.4 Å². The second-order valence-electron chi connectivity index (χ2n) is 3.40. The third-order valence-corrected chi connectivity index (χ3v) is 2.94. The van der Waals surface area contributed by atoms with Gasteiger partial charge in [-0.3, -0.25) is 0 Å². The lowest BCUT2D eigenvalue weighted by Gasteiger charge is -2.09. The van der Waals surface area contributed by atoms with Gasteiger partial charge in [0.2, 0.25) is 0 Å². The Morgan fingerprint density at radius 1 is 1.56 bits per heavy atom. The first-order valence-corrected chi connectivity index (χ1v) is 6.03. The fraction of sp³-hybridized carbons (Fsp3) is 0.167. The van der Waals surface area contributed by atoms with Crippen LogP contribution in [0.2, 0.25) is 0 Å². The lowest BCUT2D eigenvalue weighted by molar-refractivity contribution is 0.411. The summed E-state index contributed by atoms with van der Waals surface area (Å²) < 4.78 is 19.0. The van der Waals surface area contributed by atoms with E-state index < -0.39 is 5.82 Å². The maximum atomic E-state index is 13.7. The van der Waals surface area contributed by atoms with Crippen LogP contribution >= 0.6 is 22.6 Å². The molecule has 1 aromatic rings. The average Bonchev–Trinajstić information content (AvgIpc) is 2.32. The molecule has 0 spiro atoms. The van der Waals surface area contributed by atoms with E-state index in [0.29, 0.717) is 9.45 Å². The van der Waals surface area contributed by atoms with Crippen LogP contribution in [0.5, 0.6) is 5.75 Å². The van der Waals surface area contributed by atoms with Crippen LogP contribution in [0.25, 0.3) is 0 Å². The molecule has 2 N–H and O–H groups in total. The number of anilines is 1. The number of halogens is 2. The van der Waals surface area contributed by atoms with Crippen molar-refractivity contribution in [3.05, 3.63) is 33.3 Å². The molecule has 0 amide bonds. The number of allylic oxidation sites excluding steroid dienone is 1. The molecule has 6 heteroatoms. The summed E-state index contributed by atoms with van der Waals surface area (Å²) >= 11 is 1.86. The molecule has 0 heterocycles. The lowest BCUT2D eigenvalue weighted by atomic mass is 10.2. The summed E-state index contributed by atoms with van der Waals surface area (Å²) in [5, 5.41) is 19.1. The lowest BCUT2D eigenvalue weighted by Crippen LogP contribution is -2.04. The van der Waals surface area contributed by atoms with E-state index in [1.807, 2.05) is 28.7 Å². The van der Waals surface area contributed by atoms with Gasteiger partial charge in [0.15, 0.2) is 0 Å². The summed E-state index contributed by atoms with van der Waals surface area (Å²) in [5.74, 6) is -0.0655. The molecule has 1 aromatic carbocycles. The number of rotatable bonds is 4. The average molecular weight is 359 g/mol. The zero-order valence-electron chi connectivity index (χ0n) is 9.84. The van der Waals surface area contributed by atoms with E-state index in [1.165, 1.54) is 26.2 Å². The zero-order chi connectivity index (χ0) is 13.7. The standard InChI is InChI=1S/C12H11FIN3O/c1-7(16)9(6-15)12(14)17-11-4-3-8(18-2)5-10(11)13/h3-5,16-17H,1-2H3/b12-9-,16-7?. The smallest absolute Gasteiger partial charge is 0.150 e. The Bertz CT molecular complexity index is 549. The molecule has 18 heavy (non-hydrogen) atoms. The van der Waals surface area contributed by atoms with Crippen LogP contribution in [0, 0.1) is 22.6 Å². The predicted molar refractivity (Wildman–Crippen MR) is 76.6 cm³/mol. The van der Waals surface area contributed by atoms with Crippen molar-refractivity contribution in [2.45, 2.75) is 6.92 Å². The third-order valence-electron chi connectivity index (χ3n) is 2.13. The van der Waals surface area contributed by atoms with Crippen LogP contribution in [0.4, 0.5) is 10.1 Å².